The summed E-state index contributed by atoms with van der Waals surface area (Å²) < 4.78 is 28.9. The number of aromatic amines is 1. The minimum Gasteiger partial charge on any atom is -0.504 e. The van der Waals surface area contributed by atoms with Crippen LogP contribution in [-0.4, -0.2) is 118 Å². The number of aliphatic hydroxyl groups excluding tert-OH is 3. The summed E-state index contributed by atoms with van der Waals surface area (Å²) in [5.74, 6) is -2.02. The average Bonchev–Trinajstić information content (AvgIpc) is 3.80. The standard InChI is InChI=1S/C34H41N5O13/c1-36-8-9-48-29-24(51-33-28(43)30(44)34(47,31(52-33)32(45)46)12-17-13-37-15-38-17)11-23-26(27(29)42)20(40)10-22(50-23)16-2-4-18(5-3-16)49-14-21(41)19-6-7-25(35)39-19/h2-7,10-11,17,21,28,30-31,33,36-39,41-44,47H,8-9,12-15,35H2,1H3,(H,45,46)/t17-,21-,28+,30-,31+,33+,34-/m0/s1. The summed E-state index contributed by atoms with van der Waals surface area (Å²) in [6.45, 7) is 1.00. The molecule has 12 N–H and O–H groups in total. The zero-order valence-electron chi connectivity index (χ0n) is 27.9. The van der Waals surface area contributed by atoms with Crippen LogP contribution in [-0.2, 0) is 9.53 Å². The zero-order chi connectivity index (χ0) is 37.2. The van der Waals surface area contributed by atoms with Crippen LogP contribution >= 0.6 is 0 Å². The van der Waals surface area contributed by atoms with Crippen molar-refractivity contribution >= 4 is 22.8 Å². The molecular weight excluding hydrogens is 686 g/mol. The lowest BCUT2D eigenvalue weighted by molar-refractivity contribution is -0.307. The molecule has 4 heterocycles. The van der Waals surface area contributed by atoms with Gasteiger partial charge in [-0.25, -0.2) is 4.79 Å². The van der Waals surface area contributed by atoms with E-state index in [9.17, 15) is 40.2 Å². The minimum absolute atomic E-state index is 0.0174. The summed E-state index contributed by atoms with van der Waals surface area (Å²) in [5.41, 5.74) is 3.39. The number of phenolic OH excluding ortho intramolecular Hbond substituents is 1. The first-order valence-corrected chi connectivity index (χ1v) is 16.4. The van der Waals surface area contributed by atoms with Crippen LogP contribution in [0.4, 0.5) is 5.82 Å². The molecule has 2 aromatic heterocycles. The van der Waals surface area contributed by atoms with E-state index in [0.29, 0.717) is 42.6 Å². The number of nitrogens with one attached hydrogen (secondary N) is 4. The number of nitrogen functional groups attached to an aromatic ring is 1. The fourth-order valence-electron chi connectivity index (χ4n) is 6.22. The van der Waals surface area contributed by atoms with Crippen molar-refractivity contribution < 1.29 is 58.8 Å². The van der Waals surface area contributed by atoms with Crippen molar-refractivity contribution in [3.63, 3.8) is 0 Å². The number of phenols is 1. The molecule has 0 saturated carbocycles. The molecule has 2 aliphatic rings. The normalized spacial score (nSPS) is 25.2. The molecular formula is C34H41N5O13. The summed E-state index contributed by atoms with van der Waals surface area (Å²) in [6, 6.07) is 11.7. The van der Waals surface area contributed by atoms with Gasteiger partial charge in [-0.1, -0.05) is 0 Å². The quantitative estimate of drug-likeness (QED) is 0.0719. The van der Waals surface area contributed by atoms with Crippen molar-refractivity contribution in [2.24, 2.45) is 0 Å². The first-order valence-electron chi connectivity index (χ1n) is 16.4. The number of carboxylic acid groups (broad SMARTS) is 1. The fourth-order valence-corrected chi connectivity index (χ4v) is 6.22. The van der Waals surface area contributed by atoms with Gasteiger partial charge in [-0.3, -0.25) is 4.79 Å². The van der Waals surface area contributed by atoms with Gasteiger partial charge in [0.15, 0.2) is 23.0 Å². The Bertz CT molecular complexity index is 1930. The van der Waals surface area contributed by atoms with Crippen LogP contribution < -0.4 is 41.3 Å². The second-order valence-electron chi connectivity index (χ2n) is 12.6. The summed E-state index contributed by atoms with van der Waals surface area (Å²) in [6.07, 6.45) is -9.16. The minimum atomic E-state index is -2.41. The molecule has 2 saturated heterocycles. The van der Waals surface area contributed by atoms with Gasteiger partial charge in [-0.15, -0.1) is 0 Å². The highest BCUT2D eigenvalue weighted by atomic mass is 16.7. The van der Waals surface area contributed by atoms with E-state index >= 15 is 0 Å². The van der Waals surface area contributed by atoms with E-state index in [0.717, 1.165) is 0 Å². The molecule has 280 valence electrons. The molecule has 4 aromatic rings. The van der Waals surface area contributed by atoms with Gasteiger partial charge in [0.25, 0.3) is 0 Å². The number of carboxylic acids is 1. The third-order valence-electron chi connectivity index (χ3n) is 8.93. The number of rotatable bonds is 14. The van der Waals surface area contributed by atoms with E-state index in [1.54, 1.807) is 43.4 Å². The molecule has 7 atom stereocenters. The molecule has 6 rings (SSSR count). The monoisotopic (exact) mass is 727 g/mol. The number of hydrogen-bond acceptors (Lipinski definition) is 16. The first kappa shape index (κ1) is 36.9. The second kappa shape index (κ2) is 15.4. The molecule has 2 aliphatic heterocycles. The van der Waals surface area contributed by atoms with Crippen molar-refractivity contribution in [3.05, 3.63) is 64.4 Å². The van der Waals surface area contributed by atoms with Gasteiger partial charge in [0.2, 0.25) is 12.0 Å². The first-order chi connectivity index (χ1) is 24.9. The SMILES string of the molecule is CNCCOc1c(O[C@@H]2O[C@H](C(=O)O)[C@](O)(C[C@H]3CNCN3)[C@@H](O)[C@H]2O)cc2oc(-c3ccc(OC[C@H](O)c4ccc(N)[nH]4)cc3)cc(=O)c2c1O. The Morgan fingerprint density at radius 3 is 2.58 bits per heavy atom. The highest BCUT2D eigenvalue weighted by Crippen LogP contribution is 2.44. The van der Waals surface area contributed by atoms with Crippen LogP contribution in [0.15, 0.2) is 57.7 Å². The van der Waals surface area contributed by atoms with Crippen LogP contribution in [0.25, 0.3) is 22.3 Å². The molecule has 2 fully saturated rings. The molecule has 52 heavy (non-hydrogen) atoms. The van der Waals surface area contributed by atoms with Crippen molar-refractivity contribution in [3.8, 4) is 34.3 Å². The molecule has 0 amide bonds. The van der Waals surface area contributed by atoms with Gasteiger partial charge < -0.3 is 80.7 Å². The maximum atomic E-state index is 13.4. The number of benzene rings is 2. The summed E-state index contributed by atoms with van der Waals surface area (Å²) in [7, 11) is 1.66. The van der Waals surface area contributed by atoms with Crippen LogP contribution in [0.3, 0.4) is 0 Å². The van der Waals surface area contributed by atoms with E-state index in [1.807, 2.05) is 0 Å². The maximum absolute atomic E-state index is 13.4. The number of H-pyrrole nitrogens is 1. The van der Waals surface area contributed by atoms with Gasteiger partial charge in [0.05, 0.1) is 0 Å². The summed E-state index contributed by atoms with van der Waals surface area (Å²) in [4.78, 5) is 28.5. The number of likely N-dealkylation sites (N-methyl/N-ethyl adjacent to an activating group) is 1. The van der Waals surface area contributed by atoms with Gasteiger partial charge in [0.1, 0.15) is 65.4 Å². The maximum Gasteiger partial charge on any atom is 0.336 e. The van der Waals surface area contributed by atoms with Gasteiger partial charge in [-0.2, -0.15) is 0 Å². The number of anilines is 1. The summed E-state index contributed by atoms with van der Waals surface area (Å²) in [5, 5.41) is 73.8. The molecule has 18 nitrogen and oxygen atoms in total. The van der Waals surface area contributed by atoms with Gasteiger partial charge in [-0.05, 0) is 49.9 Å². The lowest BCUT2D eigenvalue weighted by Gasteiger charge is -2.47. The predicted molar refractivity (Wildman–Crippen MR) is 183 cm³/mol. The van der Waals surface area contributed by atoms with E-state index in [4.69, 9.17) is 29.1 Å². The Labute approximate surface area is 295 Å². The third-order valence-corrected chi connectivity index (χ3v) is 8.93. The van der Waals surface area contributed by atoms with Crippen molar-refractivity contribution in [2.45, 2.75) is 48.8 Å². The van der Waals surface area contributed by atoms with Crippen molar-refractivity contribution in [2.75, 3.05) is 45.8 Å². The van der Waals surface area contributed by atoms with Crippen LogP contribution in [0, 0.1) is 0 Å². The fraction of sp³-hybridized carbons (Fsp3) is 0.412. The molecule has 0 unspecified atom stereocenters. The number of aromatic hydroxyl groups is 1. The molecule has 18 heteroatoms. The van der Waals surface area contributed by atoms with E-state index in [2.05, 4.69) is 20.9 Å². The van der Waals surface area contributed by atoms with Crippen molar-refractivity contribution in [1.82, 2.24) is 20.9 Å². The Kier molecular flexibility index (Phi) is 10.9. The summed E-state index contributed by atoms with van der Waals surface area (Å²) >= 11 is 0. The number of aromatic nitrogens is 1. The Morgan fingerprint density at radius 1 is 1.15 bits per heavy atom. The lowest BCUT2D eigenvalue weighted by atomic mass is 9.79. The van der Waals surface area contributed by atoms with Crippen molar-refractivity contribution in [1.29, 1.82) is 0 Å². The smallest absolute Gasteiger partial charge is 0.336 e. The van der Waals surface area contributed by atoms with Gasteiger partial charge >= 0.3 is 5.97 Å². The van der Waals surface area contributed by atoms with Crippen LogP contribution in [0.2, 0.25) is 0 Å². The predicted octanol–water partition coefficient (Wildman–Crippen LogP) is -0.663. The number of fused-ring (bicyclic) bond motifs is 1. The van der Waals surface area contributed by atoms with Crippen LogP contribution in [0.5, 0.6) is 23.0 Å². The Hall–Kier alpha value is -4.92. The molecule has 0 bridgehead atoms. The highest BCUT2D eigenvalue weighted by Gasteiger charge is 2.59. The number of hydrogen-bond donors (Lipinski definition) is 11. The number of nitrogens with two attached hydrogens (primary N) is 1. The van der Waals surface area contributed by atoms with E-state index in [-0.39, 0.29) is 47.9 Å². The van der Waals surface area contributed by atoms with Gasteiger partial charge in [0, 0.05) is 49.2 Å². The average molecular weight is 728 g/mol. The molecule has 0 aliphatic carbocycles. The largest absolute Gasteiger partial charge is 0.504 e. The van der Waals surface area contributed by atoms with E-state index < -0.39 is 59.5 Å². The topological polar surface area (TPSA) is 283 Å². The third kappa shape index (κ3) is 7.50. The Morgan fingerprint density at radius 2 is 1.92 bits per heavy atom. The Balaban J connectivity index is 1.28. The number of carbonyl (C=O) groups is 1. The van der Waals surface area contributed by atoms with Crippen LogP contribution in [0.1, 0.15) is 18.2 Å². The van der Waals surface area contributed by atoms with E-state index in [1.165, 1.54) is 12.1 Å². The number of aliphatic carboxylic acids is 1. The number of ether oxygens (including phenoxy) is 4. The molecule has 0 spiro atoms. The highest BCUT2D eigenvalue weighted by molar-refractivity contribution is 5.89. The lowest BCUT2D eigenvalue weighted by Crippen LogP contribution is -2.70. The second-order valence-corrected chi connectivity index (χ2v) is 12.6. The molecule has 2 aromatic carbocycles. The number of aliphatic hydroxyl groups is 4. The zero-order valence-corrected chi connectivity index (χ0v) is 27.9. The molecule has 0 radical (unpaired) electrons.